The molecule has 0 aliphatic heterocycles. The van der Waals surface area contributed by atoms with Crippen LogP contribution in [0.15, 0.2) is 24.3 Å². The summed E-state index contributed by atoms with van der Waals surface area (Å²) in [6, 6.07) is 5.75. The Bertz CT molecular complexity index is 381. The van der Waals surface area contributed by atoms with Gasteiger partial charge in [-0.2, -0.15) is 0 Å². The zero-order chi connectivity index (χ0) is 14.1. The summed E-state index contributed by atoms with van der Waals surface area (Å²) in [5.74, 6) is 0.180. The summed E-state index contributed by atoms with van der Waals surface area (Å²) in [4.78, 5) is 11.4. The zero-order valence-corrected chi connectivity index (χ0v) is 11.1. The quantitative estimate of drug-likeness (QED) is 0.708. The Hall–Kier alpha value is -1.62. The van der Waals surface area contributed by atoms with Crippen molar-refractivity contribution < 1.29 is 19.0 Å². The lowest BCUT2D eigenvalue weighted by atomic mass is 10.2. The number of hydrogen-bond acceptors (Lipinski definition) is 3. The standard InChI is InChI=1S/C14H20FNO3/c1-2-12(17)10-16-14(18)4-3-9-19-13-7-5-11(15)6-8-13/h5-8,12,17H,2-4,9-10H2,1H3,(H,16,18). The van der Waals surface area contributed by atoms with Crippen molar-refractivity contribution in [1.82, 2.24) is 5.32 Å². The van der Waals surface area contributed by atoms with E-state index in [1.54, 1.807) is 12.1 Å². The van der Waals surface area contributed by atoms with E-state index in [1.165, 1.54) is 12.1 Å². The van der Waals surface area contributed by atoms with Crippen LogP contribution < -0.4 is 10.1 Å². The normalized spacial score (nSPS) is 11.9. The van der Waals surface area contributed by atoms with Crippen LogP contribution in [0.5, 0.6) is 5.75 Å². The first kappa shape index (κ1) is 15.4. The van der Waals surface area contributed by atoms with Gasteiger partial charge in [-0.05, 0) is 37.1 Å². The second-order valence-corrected chi connectivity index (χ2v) is 4.27. The van der Waals surface area contributed by atoms with Gasteiger partial charge in [0.1, 0.15) is 11.6 Å². The summed E-state index contributed by atoms with van der Waals surface area (Å²) in [6.07, 6.45) is 1.05. The van der Waals surface area contributed by atoms with Gasteiger partial charge >= 0.3 is 0 Å². The van der Waals surface area contributed by atoms with Crippen molar-refractivity contribution in [2.24, 2.45) is 0 Å². The SMILES string of the molecule is CCC(O)CNC(=O)CCCOc1ccc(F)cc1. The molecule has 1 aromatic rings. The van der Waals surface area contributed by atoms with E-state index >= 15 is 0 Å². The average molecular weight is 269 g/mol. The van der Waals surface area contributed by atoms with Crippen molar-refractivity contribution in [2.45, 2.75) is 32.3 Å². The maximum absolute atomic E-state index is 12.6. The smallest absolute Gasteiger partial charge is 0.220 e. The number of halogens is 1. The molecule has 0 aliphatic rings. The van der Waals surface area contributed by atoms with Gasteiger partial charge in [0.15, 0.2) is 0 Å². The van der Waals surface area contributed by atoms with E-state index in [1.807, 2.05) is 6.92 Å². The Labute approximate surface area is 112 Å². The van der Waals surface area contributed by atoms with E-state index in [-0.39, 0.29) is 18.3 Å². The lowest BCUT2D eigenvalue weighted by molar-refractivity contribution is -0.121. The number of rotatable bonds is 8. The van der Waals surface area contributed by atoms with E-state index in [4.69, 9.17) is 4.74 Å². The van der Waals surface area contributed by atoms with Crippen LogP contribution >= 0.6 is 0 Å². The van der Waals surface area contributed by atoms with Crippen molar-refractivity contribution >= 4 is 5.91 Å². The second-order valence-electron chi connectivity index (χ2n) is 4.27. The van der Waals surface area contributed by atoms with Crippen LogP contribution in [0.3, 0.4) is 0 Å². The minimum absolute atomic E-state index is 0.102. The number of carbonyl (C=O) groups is 1. The molecule has 106 valence electrons. The summed E-state index contributed by atoms with van der Waals surface area (Å²) in [5.41, 5.74) is 0. The van der Waals surface area contributed by atoms with E-state index in [0.717, 1.165) is 0 Å². The third-order valence-corrected chi connectivity index (χ3v) is 2.64. The van der Waals surface area contributed by atoms with Gasteiger partial charge in [-0.3, -0.25) is 4.79 Å². The molecule has 0 aromatic heterocycles. The van der Waals surface area contributed by atoms with Gasteiger partial charge < -0.3 is 15.2 Å². The fourth-order valence-electron chi connectivity index (χ4n) is 1.42. The molecule has 2 N–H and O–H groups in total. The predicted octanol–water partition coefficient (Wildman–Crippen LogP) is 1.87. The zero-order valence-electron chi connectivity index (χ0n) is 11.1. The monoisotopic (exact) mass is 269 g/mol. The van der Waals surface area contributed by atoms with Gasteiger partial charge in [0.2, 0.25) is 5.91 Å². The van der Waals surface area contributed by atoms with Crippen molar-refractivity contribution in [3.63, 3.8) is 0 Å². The molecule has 1 unspecified atom stereocenters. The number of amides is 1. The number of nitrogens with one attached hydrogen (secondary N) is 1. The lowest BCUT2D eigenvalue weighted by Crippen LogP contribution is -2.31. The summed E-state index contributed by atoms with van der Waals surface area (Å²) in [7, 11) is 0. The highest BCUT2D eigenvalue weighted by atomic mass is 19.1. The molecule has 1 amide bonds. The molecule has 4 nitrogen and oxygen atoms in total. The number of aliphatic hydroxyl groups is 1. The van der Waals surface area contributed by atoms with Crippen LogP contribution in [0.25, 0.3) is 0 Å². The maximum atomic E-state index is 12.6. The molecule has 5 heteroatoms. The summed E-state index contributed by atoms with van der Waals surface area (Å²) in [6.45, 7) is 2.54. The third kappa shape index (κ3) is 6.76. The van der Waals surface area contributed by atoms with E-state index in [0.29, 0.717) is 31.6 Å². The summed E-state index contributed by atoms with van der Waals surface area (Å²) >= 11 is 0. The van der Waals surface area contributed by atoms with Crippen LogP contribution in [-0.2, 0) is 4.79 Å². The fourth-order valence-corrected chi connectivity index (χ4v) is 1.42. The molecular formula is C14H20FNO3. The average Bonchev–Trinajstić information content (AvgIpc) is 2.42. The van der Waals surface area contributed by atoms with Crippen LogP contribution in [0.2, 0.25) is 0 Å². The Morgan fingerprint density at radius 3 is 2.74 bits per heavy atom. The highest BCUT2D eigenvalue weighted by molar-refractivity contribution is 5.75. The van der Waals surface area contributed by atoms with Crippen molar-refractivity contribution in [3.8, 4) is 5.75 Å². The second kappa shape index (κ2) is 8.48. The minimum Gasteiger partial charge on any atom is -0.494 e. The van der Waals surface area contributed by atoms with Crippen LogP contribution in [0, 0.1) is 5.82 Å². The first-order valence-corrected chi connectivity index (χ1v) is 6.45. The Kier molecular flexibility index (Phi) is 6.89. The minimum atomic E-state index is -0.487. The van der Waals surface area contributed by atoms with E-state index in [2.05, 4.69) is 5.32 Å². The molecule has 0 saturated heterocycles. The molecule has 0 radical (unpaired) electrons. The Morgan fingerprint density at radius 2 is 2.11 bits per heavy atom. The fraction of sp³-hybridized carbons (Fsp3) is 0.500. The van der Waals surface area contributed by atoms with E-state index in [9.17, 15) is 14.3 Å². The molecule has 0 spiro atoms. The van der Waals surface area contributed by atoms with Gasteiger partial charge in [-0.1, -0.05) is 6.92 Å². The van der Waals surface area contributed by atoms with Crippen molar-refractivity contribution in [1.29, 1.82) is 0 Å². The predicted molar refractivity (Wildman–Crippen MR) is 70.4 cm³/mol. The van der Waals surface area contributed by atoms with Crippen molar-refractivity contribution in [2.75, 3.05) is 13.2 Å². The largest absolute Gasteiger partial charge is 0.494 e. The molecule has 1 rings (SSSR count). The number of aliphatic hydroxyl groups excluding tert-OH is 1. The molecule has 0 aliphatic carbocycles. The van der Waals surface area contributed by atoms with Gasteiger partial charge in [-0.25, -0.2) is 4.39 Å². The van der Waals surface area contributed by atoms with E-state index < -0.39 is 6.10 Å². The Morgan fingerprint density at radius 1 is 1.42 bits per heavy atom. The number of carbonyl (C=O) groups excluding carboxylic acids is 1. The van der Waals surface area contributed by atoms with Gasteiger partial charge in [0.05, 0.1) is 12.7 Å². The molecule has 0 bridgehead atoms. The topological polar surface area (TPSA) is 58.6 Å². The lowest BCUT2D eigenvalue weighted by Gasteiger charge is -2.09. The van der Waals surface area contributed by atoms with Crippen LogP contribution in [0.1, 0.15) is 26.2 Å². The maximum Gasteiger partial charge on any atom is 0.220 e. The van der Waals surface area contributed by atoms with Crippen LogP contribution in [0.4, 0.5) is 4.39 Å². The molecule has 1 atom stereocenters. The highest BCUT2D eigenvalue weighted by Crippen LogP contribution is 2.11. The Balaban J connectivity index is 2.10. The van der Waals surface area contributed by atoms with Crippen molar-refractivity contribution in [3.05, 3.63) is 30.1 Å². The number of benzene rings is 1. The number of hydrogen-bond donors (Lipinski definition) is 2. The first-order chi connectivity index (χ1) is 9.11. The number of ether oxygens (including phenoxy) is 1. The van der Waals surface area contributed by atoms with Gasteiger partial charge in [0, 0.05) is 13.0 Å². The third-order valence-electron chi connectivity index (χ3n) is 2.64. The molecule has 0 heterocycles. The molecule has 1 aromatic carbocycles. The van der Waals surface area contributed by atoms with Gasteiger partial charge in [0.25, 0.3) is 0 Å². The van der Waals surface area contributed by atoms with Gasteiger partial charge in [-0.15, -0.1) is 0 Å². The molecular weight excluding hydrogens is 249 g/mol. The van der Waals surface area contributed by atoms with Crippen LogP contribution in [-0.4, -0.2) is 30.3 Å². The molecule has 0 fully saturated rings. The summed E-state index contributed by atoms with van der Waals surface area (Å²) < 4.78 is 18.0. The molecule has 19 heavy (non-hydrogen) atoms. The first-order valence-electron chi connectivity index (χ1n) is 6.45. The summed E-state index contributed by atoms with van der Waals surface area (Å²) in [5, 5.41) is 11.9. The molecule has 0 saturated carbocycles. The highest BCUT2D eigenvalue weighted by Gasteiger charge is 2.05.